The van der Waals surface area contributed by atoms with Crippen molar-refractivity contribution in [1.82, 2.24) is 9.62 Å². The van der Waals surface area contributed by atoms with E-state index < -0.39 is 32.4 Å². The summed E-state index contributed by atoms with van der Waals surface area (Å²) in [5.74, 6) is -4.07. The molecular weight excluding hydrogens is 329 g/mol. The molecule has 0 radical (unpaired) electrons. The number of likely N-dealkylation sites (N-methyl/N-ethyl adjacent to an activating group) is 1. The summed E-state index contributed by atoms with van der Waals surface area (Å²) < 4.78 is 65.4. The summed E-state index contributed by atoms with van der Waals surface area (Å²) in [6.07, 6.45) is 1.43. The van der Waals surface area contributed by atoms with Crippen LogP contribution in [0, 0.1) is 17.5 Å². The van der Waals surface area contributed by atoms with Gasteiger partial charge in [0, 0.05) is 25.2 Å². The number of benzene rings is 1. The van der Waals surface area contributed by atoms with Crippen LogP contribution >= 0.6 is 12.4 Å². The van der Waals surface area contributed by atoms with Crippen molar-refractivity contribution in [2.24, 2.45) is 0 Å². The van der Waals surface area contributed by atoms with Crippen LogP contribution in [0.3, 0.4) is 0 Å². The van der Waals surface area contributed by atoms with Gasteiger partial charge in [0.15, 0.2) is 11.6 Å². The molecule has 1 aliphatic heterocycles. The molecule has 120 valence electrons. The molecule has 2 rings (SSSR count). The summed E-state index contributed by atoms with van der Waals surface area (Å²) in [6, 6.07) is 0.608. The lowest BCUT2D eigenvalue weighted by Crippen LogP contribution is -2.47. The van der Waals surface area contributed by atoms with Crippen molar-refractivity contribution in [1.29, 1.82) is 0 Å². The number of nitrogens with zero attached hydrogens (tertiary/aromatic N) is 1. The fourth-order valence-electron chi connectivity index (χ4n) is 2.24. The highest BCUT2D eigenvalue weighted by atomic mass is 35.5. The van der Waals surface area contributed by atoms with E-state index in [-0.39, 0.29) is 37.6 Å². The van der Waals surface area contributed by atoms with Crippen molar-refractivity contribution in [3.8, 4) is 0 Å². The van der Waals surface area contributed by atoms with Gasteiger partial charge in [0.05, 0.1) is 0 Å². The van der Waals surface area contributed by atoms with Gasteiger partial charge in [-0.3, -0.25) is 0 Å². The summed E-state index contributed by atoms with van der Waals surface area (Å²) in [6.45, 7) is 0.413. The quantitative estimate of drug-likeness (QED) is 0.852. The van der Waals surface area contributed by atoms with Gasteiger partial charge in [-0.15, -0.1) is 12.4 Å². The molecule has 1 heterocycles. The van der Waals surface area contributed by atoms with Crippen molar-refractivity contribution >= 4 is 22.4 Å². The van der Waals surface area contributed by atoms with E-state index in [0.717, 1.165) is 10.7 Å². The van der Waals surface area contributed by atoms with Crippen LogP contribution in [0.4, 0.5) is 13.2 Å². The molecule has 1 atom stereocenters. The van der Waals surface area contributed by atoms with E-state index >= 15 is 0 Å². The third-order valence-corrected chi connectivity index (χ3v) is 5.27. The Balaban J connectivity index is 0.00000220. The van der Waals surface area contributed by atoms with Crippen LogP contribution in [-0.2, 0) is 10.0 Å². The maximum Gasteiger partial charge on any atom is 0.246 e. The Hall–Kier alpha value is -0.830. The molecule has 1 aliphatic rings. The number of hydrogen-bond acceptors (Lipinski definition) is 3. The van der Waals surface area contributed by atoms with Crippen LogP contribution in [0.25, 0.3) is 0 Å². The van der Waals surface area contributed by atoms with E-state index in [1.807, 2.05) is 0 Å². The Morgan fingerprint density at radius 3 is 2.43 bits per heavy atom. The first-order valence-corrected chi connectivity index (χ1v) is 7.62. The fraction of sp³-hybridized carbons (Fsp3) is 0.500. The van der Waals surface area contributed by atoms with E-state index in [4.69, 9.17) is 0 Å². The summed E-state index contributed by atoms with van der Waals surface area (Å²) in [7, 11) is -2.46. The van der Waals surface area contributed by atoms with E-state index in [2.05, 4.69) is 5.32 Å². The van der Waals surface area contributed by atoms with E-state index in [0.29, 0.717) is 12.5 Å². The molecular formula is C12H16ClF3N2O2S. The maximum atomic E-state index is 13.6. The number of nitrogens with one attached hydrogen (secondary N) is 1. The third kappa shape index (κ3) is 3.68. The second kappa shape index (κ2) is 6.95. The molecule has 0 spiro atoms. The molecule has 0 saturated carbocycles. The van der Waals surface area contributed by atoms with Gasteiger partial charge in [-0.25, -0.2) is 21.6 Å². The van der Waals surface area contributed by atoms with Crippen LogP contribution < -0.4 is 5.32 Å². The zero-order valence-electron chi connectivity index (χ0n) is 11.3. The smallest absolute Gasteiger partial charge is 0.246 e. The highest BCUT2D eigenvalue weighted by Gasteiger charge is 2.32. The molecule has 1 unspecified atom stereocenters. The Morgan fingerprint density at radius 2 is 1.81 bits per heavy atom. The standard InChI is InChI=1S/C12H15F3N2O2S.ClH/c1-16-8-3-2-4-17(7-8)20(18,19)12-6-10(14)9(13)5-11(12)15;/h5-6,8,16H,2-4,7H2,1H3;1H. The van der Waals surface area contributed by atoms with Gasteiger partial charge >= 0.3 is 0 Å². The van der Waals surface area contributed by atoms with Crippen molar-refractivity contribution in [3.63, 3.8) is 0 Å². The molecule has 0 aliphatic carbocycles. The summed E-state index contributed by atoms with van der Waals surface area (Å²) in [4.78, 5) is -0.826. The predicted octanol–water partition coefficient (Wildman–Crippen LogP) is 1.90. The van der Waals surface area contributed by atoms with Crippen LogP contribution in [-0.4, -0.2) is 38.9 Å². The largest absolute Gasteiger partial charge is 0.316 e. The number of sulfonamides is 1. The number of piperidine rings is 1. The molecule has 4 nitrogen and oxygen atoms in total. The van der Waals surface area contributed by atoms with Gasteiger partial charge in [-0.2, -0.15) is 4.31 Å². The van der Waals surface area contributed by atoms with Gasteiger partial charge in [0.25, 0.3) is 0 Å². The van der Waals surface area contributed by atoms with E-state index in [1.165, 1.54) is 0 Å². The summed E-state index contributed by atoms with van der Waals surface area (Å²) >= 11 is 0. The van der Waals surface area contributed by atoms with Gasteiger partial charge in [-0.1, -0.05) is 0 Å². The number of rotatable bonds is 3. The Bertz CT molecular complexity index is 613. The Kier molecular flexibility index (Phi) is 6.03. The highest BCUT2D eigenvalue weighted by molar-refractivity contribution is 7.89. The zero-order valence-corrected chi connectivity index (χ0v) is 12.9. The molecule has 1 aromatic rings. The summed E-state index contributed by atoms with van der Waals surface area (Å²) in [5.41, 5.74) is 0. The molecule has 1 aromatic carbocycles. The van der Waals surface area contributed by atoms with Gasteiger partial charge in [0.2, 0.25) is 10.0 Å². The lowest BCUT2D eigenvalue weighted by atomic mass is 10.1. The van der Waals surface area contributed by atoms with Crippen LogP contribution in [0.1, 0.15) is 12.8 Å². The first-order valence-electron chi connectivity index (χ1n) is 6.18. The first kappa shape index (κ1) is 18.2. The molecule has 0 aromatic heterocycles. The SMILES string of the molecule is CNC1CCCN(S(=O)(=O)c2cc(F)c(F)cc2F)C1.Cl. The third-order valence-electron chi connectivity index (χ3n) is 3.39. The van der Waals surface area contributed by atoms with Crippen molar-refractivity contribution in [2.75, 3.05) is 20.1 Å². The zero-order chi connectivity index (χ0) is 14.9. The summed E-state index contributed by atoms with van der Waals surface area (Å²) in [5, 5.41) is 2.96. The Morgan fingerprint density at radius 1 is 1.19 bits per heavy atom. The molecule has 9 heteroatoms. The second-order valence-corrected chi connectivity index (χ2v) is 6.59. The monoisotopic (exact) mass is 344 g/mol. The van der Waals surface area contributed by atoms with E-state index in [9.17, 15) is 21.6 Å². The molecule has 0 bridgehead atoms. The predicted molar refractivity (Wildman–Crippen MR) is 74.4 cm³/mol. The van der Waals surface area contributed by atoms with Gasteiger partial charge < -0.3 is 5.32 Å². The number of hydrogen-bond donors (Lipinski definition) is 1. The molecule has 1 fully saturated rings. The minimum atomic E-state index is -4.16. The second-order valence-electron chi connectivity index (χ2n) is 4.69. The fourth-order valence-corrected chi connectivity index (χ4v) is 3.82. The van der Waals surface area contributed by atoms with Crippen molar-refractivity contribution in [2.45, 2.75) is 23.8 Å². The van der Waals surface area contributed by atoms with E-state index in [1.54, 1.807) is 7.05 Å². The van der Waals surface area contributed by atoms with Crippen LogP contribution in [0.5, 0.6) is 0 Å². The first-order chi connectivity index (χ1) is 9.36. The highest BCUT2D eigenvalue weighted by Crippen LogP contribution is 2.24. The molecule has 1 saturated heterocycles. The molecule has 1 N–H and O–H groups in total. The lowest BCUT2D eigenvalue weighted by Gasteiger charge is -2.31. The molecule has 0 amide bonds. The normalized spacial score (nSPS) is 20.1. The van der Waals surface area contributed by atoms with Crippen molar-refractivity contribution < 1.29 is 21.6 Å². The topological polar surface area (TPSA) is 49.4 Å². The number of halogens is 4. The average molecular weight is 345 g/mol. The minimum Gasteiger partial charge on any atom is -0.316 e. The van der Waals surface area contributed by atoms with Gasteiger partial charge in [-0.05, 0) is 26.0 Å². The maximum absolute atomic E-state index is 13.6. The van der Waals surface area contributed by atoms with Gasteiger partial charge in [0.1, 0.15) is 10.7 Å². The van der Waals surface area contributed by atoms with Crippen molar-refractivity contribution in [3.05, 3.63) is 29.6 Å². The average Bonchev–Trinajstić information content (AvgIpc) is 2.42. The van der Waals surface area contributed by atoms with Crippen LogP contribution in [0.2, 0.25) is 0 Å². The van der Waals surface area contributed by atoms with Crippen LogP contribution in [0.15, 0.2) is 17.0 Å². The molecule has 21 heavy (non-hydrogen) atoms. The Labute approximate surface area is 127 Å². The lowest BCUT2D eigenvalue weighted by molar-refractivity contribution is 0.291. The minimum absolute atomic E-state index is 0.